The topological polar surface area (TPSA) is 68.9 Å². The number of fused-ring (bicyclic) bond motifs is 1. The predicted octanol–water partition coefficient (Wildman–Crippen LogP) is 5.31. The molecule has 4 rings (SSSR count). The Morgan fingerprint density at radius 1 is 0.966 bits per heavy atom. The zero-order valence-electron chi connectivity index (χ0n) is 15.9. The molecule has 0 spiro atoms. The molecule has 146 valence electrons. The molecule has 0 saturated carbocycles. The van der Waals surface area contributed by atoms with Crippen LogP contribution in [0.3, 0.4) is 0 Å². The van der Waals surface area contributed by atoms with E-state index in [1.54, 1.807) is 13.2 Å². The molecule has 0 fully saturated rings. The molecule has 0 aliphatic carbocycles. The SMILES string of the molecule is COc1cc2oc(CC(=O)O)c(-c3ccccc3)c2cc1OCc1ccccc1. The molecule has 0 amide bonds. The van der Waals surface area contributed by atoms with Gasteiger partial charge < -0.3 is 19.0 Å². The normalized spacial score (nSPS) is 10.8. The molecule has 1 aromatic heterocycles. The Morgan fingerprint density at radius 2 is 1.66 bits per heavy atom. The van der Waals surface area contributed by atoms with Crippen molar-refractivity contribution in [2.45, 2.75) is 13.0 Å². The van der Waals surface area contributed by atoms with Crippen LogP contribution in [0.4, 0.5) is 0 Å². The molecule has 3 aromatic carbocycles. The van der Waals surface area contributed by atoms with Gasteiger partial charge >= 0.3 is 5.97 Å². The molecule has 4 aromatic rings. The van der Waals surface area contributed by atoms with E-state index in [0.29, 0.717) is 29.4 Å². The molecule has 0 bridgehead atoms. The second-order valence-corrected chi connectivity index (χ2v) is 6.61. The number of methoxy groups -OCH3 is 1. The molecule has 0 aliphatic heterocycles. The van der Waals surface area contributed by atoms with Gasteiger partial charge in [-0.1, -0.05) is 60.7 Å². The van der Waals surface area contributed by atoms with E-state index >= 15 is 0 Å². The Hall–Kier alpha value is -3.73. The van der Waals surface area contributed by atoms with Crippen LogP contribution in [-0.4, -0.2) is 18.2 Å². The van der Waals surface area contributed by atoms with E-state index in [4.69, 9.17) is 13.9 Å². The van der Waals surface area contributed by atoms with Gasteiger partial charge in [0.15, 0.2) is 11.5 Å². The average molecular weight is 388 g/mol. The van der Waals surface area contributed by atoms with E-state index < -0.39 is 5.97 Å². The third kappa shape index (κ3) is 3.94. The summed E-state index contributed by atoms with van der Waals surface area (Å²) in [6, 6.07) is 23.1. The van der Waals surface area contributed by atoms with E-state index in [0.717, 1.165) is 22.1 Å². The number of furan rings is 1. The predicted molar refractivity (Wildman–Crippen MR) is 110 cm³/mol. The fourth-order valence-corrected chi connectivity index (χ4v) is 3.35. The van der Waals surface area contributed by atoms with Crippen LogP contribution in [0.1, 0.15) is 11.3 Å². The van der Waals surface area contributed by atoms with Crippen molar-refractivity contribution >= 4 is 16.9 Å². The number of carboxylic acids is 1. The molecular formula is C24H20O5. The van der Waals surface area contributed by atoms with Crippen LogP contribution in [0, 0.1) is 0 Å². The highest BCUT2D eigenvalue weighted by molar-refractivity contribution is 5.98. The lowest BCUT2D eigenvalue weighted by Gasteiger charge is -2.11. The van der Waals surface area contributed by atoms with Gasteiger partial charge in [0, 0.05) is 17.0 Å². The molecule has 0 atom stereocenters. The maximum Gasteiger partial charge on any atom is 0.311 e. The van der Waals surface area contributed by atoms with Crippen LogP contribution >= 0.6 is 0 Å². The fraction of sp³-hybridized carbons (Fsp3) is 0.125. The van der Waals surface area contributed by atoms with Crippen molar-refractivity contribution in [3.05, 3.63) is 84.1 Å². The number of ether oxygens (including phenoxy) is 2. The van der Waals surface area contributed by atoms with Gasteiger partial charge in [-0.25, -0.2) is 0 Å². The van der Waals surface area contributed by atoms with E-state index in [9.17, 15) is 9.90 Å². The first-order chi connectivity index (χ1) is 14.2. The minimum absolute atomic E-state index is 0.207. The monoisotopic (exact) mass is 388 g/mol. The molecule has 0 unspecified atom stereocenters. The summed E-state index contributed by atoms with van der Waals surface area (Å²) < 4.78 is 17.4. The zero-order chi connectivity index (χ0) is 20.2. The van der Waals surface area contributed by atoms with Gasteiger partial charge in [0.05, 0.1) is 7.11 Å². The van der Waals surface area contributed by atoms with Gasteiger partial charge in [-0.3, -0.25) is 4.79 Å². The highest BCUT2D eigenvalue weighted by Crippen LogP contribution is 2.41. The number of aliphatic carboxylic acids is 1. The summed E-state index contributed by atoms with van der Waals surface area (Å²) in [6.07, 6.45) is -0.207. The van der Waals surface area contributed by atoms with Crippen LogP contribution in [0.15, 0.2) is 77.2 Å². The van der Waals surface area contributed by atoms with Crippen molar-refractivity contribution in [2.75, 3.05) is 7.11 Å². The Bertz CT molecular complexity index is 1130. The van der Waals surface area contributed by atoms with Crippen LogP contribution < -0.4 is 9.47 Å². The molecule has 5 nitrogen and oxygen atoms in total. The lowest BCUT2D eigenvalue weighted by Crippen LogP contribution is -2.00. The van der Waals surface area contributed by atoms with E-state index in [1.807, 2.05) is 66.7 Å². The van der Waals surface area contributed by atoms with Crippen LogP contribution in [0.2, 0.25) is 0 Å². The third-order valence-electron chi connectivity index (χ3n) is 4.66. The minimum Gasteiger partial charge on any atom is -0.493 e. The van der Waals surface area contributed by atoms with E-state index in [-0.39, 0.29) is 6.42 Å². The second-order valence-electron chi connectivity index (χ2n) is 6.61. The molecule has 0 aliphatic rings. The van der Waals surface area contributed by atoms with Gasteiger partial charge in [0.1, 0.15) is 24.4 Å². The molecule has 0 radical (unpaired) electrons. The van der Waals surface area contributed by atoms with Crippen molar-refractivity contribution in [2.24, 2.45) is 0 Å². The van der Waals surface area contributed by atoms with Gasteiger partial charge in [0.2, 0.25) is 0 Å². The van der Waals surface area contributed by atoms with Gasteiger partial charge in [-0.2, -0.15) is 0 Å². The second kappa shape index (κ2) is 8.10. The van der Waals surface area contributed by atoms with Gasteiger partial charge in [-0.05, 0) is 17.2 Å². The van der Waals surface area contributed by atoms with Crippen molar-refractivity contribution in [3.63, 3.8) is 0 Å². The highest BCUT2D eigenvalue weighted by Gasteiger charge is 2.21. The maximum atomic E-state index is 11.4. The molecule has 1 N–H and O–H groups in total. The van der Waals surface area contributed by atoms with Crippen LogP contribution in [0.5, 0.6) is 11.5 Å². The first kappa shape index (κ1) is 18.6. The lowest BCUT2D eigenvalue weighted by atomic mass is 10.0. The summed E-state index contributed by atoms with van der Waals surface area (Å²) in [5.74, 6) is 0.557. The summed E-state index contributed by atoms with van der Waals surface area (Å²) in [6.45, 7) is 0.392. The van der Waals surface area contributed by atoms with Crippen molar-refractivity contribution in [1.29, 1.82) is 0 Å². The number of rotatable bonds is 7. The largest absolute Gasteiger partial charge is 0.493 e. The lowest BCUT2D eigenvalue weighted by molar-refractivity contribution is -0.136. The summed E-state index contributed by atoms with van der Waals surface area (Å²) in [5, 5.41) is 10.1. The minimum atomic E-state index is -0.950. The molecule has 0 saturated heterocycles. The first-order valence-electron chi connectivity index (χ1n) is 9.23. The van der Waals surface area contributed by atoms with Crippen molar-refractivity contribution < 1.29 is 23.8 Å². The molecule has 29 heavy (non-hydrogen) atoms. The van der Waals surface area contributed by atoms with E-state index in [1.165, 1.54) is 0 Å². The van der Waals surface area contributed by atoms with Gasteiger partial charge in [-0.15, -0.1) is 0 Å². The average Bonchev–Trinajstić information content (AvgIpc) is 3.08. The number of carboxylic acid groups (broad SMARTS) is 1. The highest BCUT2D eigenvalue weighted by atomic mass is 16.5. The van der Waals surface area contributed by atoms with Crippen LogP contribution in [0.25, 0.3) is 22.1 Å². The first-order valence-corrected chi connectivity index (χ1v) is 9.23. The Labute approximate surface area is 168 Å². The fourth-order valence-electron chi connectivity index (χ4n) is 3.35. The van der Waals surface area contributed by atoms with Crippen LogP contribution in [-0.2, 0) is 17.8 Å². The molecule has 5 heteroatoms. The quantitative estimate of drug-likeness (QED) is 0.464. The van der Waals surface area contributed by atoms with Crippen molar-refractivity contribution in [1.82, 2.24) is 0 Å². The number of carbonyl (C=O) groups is 1. The smallest absolute Gasteiger partial charge is 0.311 e. The Morgan fingerprint density at radius 3 is 2.31 bits per heavy atom. The molecular weight excluding hydrogens is 368 g/mol. The molecule has 1 heterocycles. The summed E-state index contributed by atoms with van der Waals surface area (Å²) in [4.78, 5) is 11.4. The van der Waals surface area contributed by atoms with E-state index in [2.05, 4.69) is 0 Å². The zero-order valence-corrected chi connectivity index (χ0v) is 15.9. The summed E-state index contributed by atoms with van der Waals surface area (Å²) >= 11 is 0. The maximum absolute atomic E-state index is 11.4. The number of benzene rings is 3. The summed E-state index contributed by atoms with van der Waals surface area (Å²) in [5.41, 5.74) is 3.25. The van der Waals surface area contributed by atoms with Gasteiger partial charge in [0.25, 0.3) is 0 Å². The Balaban J connectivity index is 1.82. The standard InChI is InChI=1S/C24H20O5/c1-27-20-13-19-18(12-21(20)28-15-16-8-4-2-5-9-16)24(17-10-6-3-7-11-17)22(29-19)14-23(25)26/h2-13H,14-15H2,1H3,(H,25,26). The number of hydrogen-bond acceptors (Lipinski definition) is 4. The summed E-state index contributed by atoms with van der Waals surface area (Å²) in [7, 11) is 1.57. The van der Waals surface area contributed by atoms with Crippen molar-refractivity contribution in [3.8, 4) is 22.6 Å². The Kier molecular flexibility index (Phi) is 5.20. The number of hydrogen-bond donors (Lipinski definition) is 1. The third-order valence-corrected chi connectivity index (χ3v) is 4.66.